The van der Waals surface area contributed by atoms with E-state index in [1.807, 2.05) is 48.7 Å². The van der Waals surface area contributed by atoms with Crippen LogP contribution in [0.15, 0.2) is 270 Å². The molecular formula is C82H52N4O3Pt-2. The Morgan fingerprint density at radius 1 is 0.411 bits per heavy atom. The van der Waals surface area contributed by atoms with Gasteiger partial charge in [-0.1, -0.05) is 172 Å². The van der Waals surface area contributed by atoms with E-state index in [2.05, 4.69) is 265 Å². The van der Waals surface area contributed by atoms with Crippen molar-refractivity contribution in [3.63, 3.8) is 0 Å². The molecule has 8 heteroatoms. The molecule has 18 rings (SSSR count). The van der Waals surface area contributed by atoms with Crippen LogP contribution in [0.5, 0.6) is 11.5 Å². The van der Waals surface area contributed by atoms with Gasteiger partial charge in [-0.25, -0.2) is 4.98 Å². The smallest absolute Gasteiger partial charge is 0.268 e. The first-order valence-electron chi connectivity index (χ1n) is 30.1. The van der Waals surface area contributed by atoms with Gasteiger partial charge in [0, 0.05) is 65.8 Å². The molecule has 90 heavy (non-hydrogen) atoms. The fourth-order valence-electron chi connectivity index (χ4n) is 13.6. The number of pyridine rings is 1. The summed E-state index contributed by atoms with van der Waals surface area (Å²) in [6.45, 7) is 6.69. The van der Waals surface area contributed by atoms with Gasteiger partial charge in [-0.05, 0) is 167 Å². The van der Waals surface area contributed by atoms with E-state index in [1.165, 1.54) is 5.56 Å². The second-order valence-corrected chi connectivity index (χ2v) is 24.3. The van der Waals surface area contributed by atoms with Crippen LogP contribution in [-0.4, -0.2) is 14.1 Å². The number of fused-ring (bicyclic) bond motifs is 17. The number of nitrogens with zero attached hydrogens (tertiary/aromatic N) is 4. The van der Waals surface area contributed by atoms with Crippen LogP contribution in [0.4, 0.5) is 0 Å². The minimum atomic E-state index is -0.0614. The fourth-order valence-corrected chi connectivity index (χ4v) is 13.6. The first kappa shape index (κ1) is 53.4. The van der Waals surface area contributed by atoms with E-state index in [0.29, 0.717) is 11.5 Å². The first-order chi connectivity index (χ1) is 43.7. The van der Waals surface area contributed by atoms with Gasteiger partial charge in [-0.3, -0.25) is 4.40 Å². The van der Waals surface area contributed by atoms with E-state index < -0.39 is 0 Å². The predicted molar refractivity (Wildman–Crippen MR) is 362 cm³/mol. The van der Waals surface area contributed by atoms with Crippen LogP contribution in [0.2, 0.25) is 0 Å². The molecular weight excluding hydrogens is 1280 g/mol. The van der Waals surface area contributed by atoms with E-state index in [0.717, 1.165) is 159 Å². The Balaban J connectivity index is 0.00000624. The number of hydrogen-bond donors (Lipinski definition) is 0. The molecule has 0 radical (unpaired) electrons. The summed E-state index contributed by atoms with van der Waals surface area (Å²) >= 11 is 0. The van der Waals surface area contributed by atoms with Crippen molar-refractivity contribution in [2.24, 2.45) is 0 Å². The van der Waals surface area contributed by atoms with Crippen LogP contribution < -0.4 is 9.14 Å². The largest absolute Gasteiger partial charge is 0.510 e. The number of ether oxygens (including phenoxy) is 1. The minimum Gasteiger partial charge on any atom is -0.510 e. The molecule has 18 aromatic rings. The molecule has 0 unspecified atom stereocenters. The van der Waals surface area contributed by atoms with E-state index in [9.17, 15) is 0 Å². The molecule has 6 heterocycles. The zero-order valence-corrected chi connectivity index (χ0v) is 51.4. The topological polar surface area (TPSA) is 62.4 Å². The maximum Gasteiger partial charge on any atom is 0.268 e. The number of benzene rings is 12. The Morgan fingerprint density at radius 2 is 0.989 bits per heavy atom. The van der Waals surface area contributed by atoms with Crippen molar-refractivity contribution < 1.29 is 39.0 Å². The molecule has 0 saturated carbocycles. The third-order valence-corrected chi connectivity index (χ3v) is 17.9. The molecule has 6 aromatic heterocycles. The van der Waals surface area contributed by atoms with Crippen LogP contribution >= 0.6 is 0 Å². The standard InChI is InChI=1S/C82H52N4O3.Pt/c1-82(2,3)57-38-39-83-79(46-57)86-72-28-9-6-22-65(72)66-35-34-60(48-74(66)86)87-59-19-13-18-58(47-59)84-49-85-80-63(25-14-27-69(80)64-21-5-4-20-61(64)52-16-12-17-53(40-52)62-26-15-29-73(84)81(62)85)56-42-54(50-32-36-77-70(44-50)67-23-7-10-30-75(67)88-77)41-55(43-56)51-33-37-78-71(45-51)68-24-8-11-31-76(68)89-78;/h4-46H,1-3H3;/q-2;. The molecule has 7 nitrogen and oxygen atoms in total. The van der Waals surface area contributed by atoms with Crippen LogP contribution in [0, 0.1) is 18.5 Å². The zero-order valence-electron chi connectivity index (χ0n) is 49.2. The van der Waals surface area contributed by atoms with Gasteiger partial charge in [-0.2, -0.15) is 18.2 Å². The summed E-state index contributed by atoms with van der Waals surface area (Å²) in [5.41, 5.74) is 16.6. The van der Waals surface area contributed by atoms with Crippen molar-refractivity contribution in [3.8, 4) is 56.4 Å². The quantitative estimate of drug-likeness (QED) is 0.118. The number of rotatable bonds is 7. The Labute approximate surface area is 531 Å². The number of imidazole rings is 1. The van der Waals surface area contributed by atoms with Crippen LogP contribution in [0.25, 0.3) is 159 Å². The van der Waals surface area contributed by atoms with Gasteiger partial charge in [0.05, 0.1) is 16.6 Å². The first-order valence-corrected chi connectivity index (χ1v) is 30.1. The number of hydrogen-bond acceptors (Lipinski definition) is 4. The summed E-state index contributed by atoms with van der Waals surface area (Å²) in [4.78, 5) is 4.92. The summed E-state index contributed by atoms with van der Waals surface area (Å²) in [7, 11) is 0. The molecule has 12 aromatic carbocycles. The van der Waals surface area contributed by atoms with Crippen molar-refractivity contribution in [1.82, 2.24) is 14.1 Å². The molecule has 0 saturated heterocycles. The average molecular weight is 1340 g/mol. The van der Waals surface area contributed by atoms with E-state index in [4.69, 9.17) is 18.6 Å². The summed E-state index contributed by atoms with van der Waals surface area (Å²) in [5, 5.41) is 13.1. The summed E-state index contributed by atoms with van der Waals surface area (Å²) < 4.78 is 26.3. The molecule has 0 amide bonds. The Kier molecular flexibility index (Phi) is 12.2. The monoisotopic (exact) mass is 1340 g/mol. The van der Waals surface area contributed by atoms with E-state index in [1.54, 1.807) is 0 Å². The predicted octanol–water partition coefficient (Wildman–Crippen LogP) is 21.2. The molecule has 0 spiro atoms. The molecule has 430 valence electrons. The Bertz CT molecular complexity index is 5910. The van der Waals surface area contributed by atoms with Gasteiger partial charge in [0.2, 0.25) is 0 Å². The van der Waals surface area contributed by atoms with Gasteiger partial charge in [0.1, 0.15) is 28.1 Å². The Hall–Kier alpha value is -10.9. The third-order valence-electron chi connectivity index (χ3n) is 17.9. The zero-order chi connectivity index (χ0) is 59.1. The molecule has 0 aliphatic rings. The molecule has 0 fully saturated rings. The third kappa shape index (κ3) is 8.59. The molecule has 0 aliphatic heterocycles. The fraction of sp³-hybridized carbons (Fsp3) is 0.0488. The van der Waals surface area contributed by atoms with Crippen molar-refractivity contribution >= 4 is 115 Å². The van der Waals surface area contributed by atoms with Crippen molar-refractivity contribution in [2.75, 3.05) is 0 Å². The molecule has 2 bridgehead atoms. The average Bonchev–Trinajstić information content (AvgIpc) is 1.56. The van der Waals surface area contributed by atoms with Crippen LogP contribution in [0.1, 0.15) is 26.3 Å². The van der Waals surface area contributed by atoms with E-state index in [-0.39, 0.29) is 26.5 Å². The molecule has 0 aliphatic carbocycles. The Morgan fingerprint density at radius 3 is 1.72 bits per heavy atom. The number of para-hydroxylation sites is 5. The SMILES string of the molecule is CC(C)(C)c1ccnc(-n2c3[c-]c(Oc4[c-]c(-n5[c-][n+]6c7c(-c8cc(-c9ccc%10oc%11ccccc%11c%10c9)cc(-c9ccc%10oc%11ccccc%11c%10c9)c8)cccc7c7ccccc7c7cccc(c7)c7cccc5c76)ccc4)ccc3c3ccccc32)c1.[Pt]. The van der Waals surface area contributed by atoms with E-state index >= 15 is 0 Å². The van der Waals surface area contributed by atoms with Crippen LogP contribution in [-0.2, 0) is 26.5 Å². The number of furan rings is 2. The van der Waals surface area contributed by atoms with Crippen LogP contribution in [0.3, 0.4) is 0 Å². The minimum absolute atomic E-state index is 0. The second kappa shape index (κ2) is 20.6. The van der Waals surface area contributed by atoms with Gasteiger partial charge >= 0.3 is 0 Å². The van der Waals surface area contributed by atoms with Crippen molar-refractivity contribution in [3.05, 3.63) is 285 Å². The number of aromatic nitrogens is 4. The van der Waals surface area contributed by atoms with Gasteiger partial charge in [0.15, 0.2) is 0 Å². The normalized spacial score (nSPS) is 12.1. The van der Waals surface area contributed by atoms with Crippen molar-refractivity contribution in [1.29, 1.82) is 0 Å². The van der Waals surface area contributed by atoms with Gasteiger partial charge in [0.25, 0.3) is 6.33 Å². The summed E-state index contributed by atoms with van der Waals surface area (Å²) in [6.07, 6.45) is 5.91. The second-order valence-electron chi connectivity index (χ2n) is 24.3. The molecule has 0 atom stereocenters. The maximum absolute atomic E-state index is 6.86. The molecule has 0 N–H and O–H groups in total. The maximum atomic E-state index is 6.86. The van der Waals surface area contributed by atoms with Crippen molar-refractivity contribution in [2.45, 2.75) is 26.2 Å². The summed E-state index contributed by atoms with van der Waals surface area (Å²) in [6, 6.07) is 98.1. The van der Waals surface area contributed by atoms with Gasteiger partial charge < -0.3 is 22.7 Å². The summed E-state index contributed by atoms with van der Waals surface area (Å²) in [5.74, 6) is 1.94. The van der Waals surface area contributed by atoms with Gasteiger partial charge in [-0.15, -0.1) is 29.7 Å².